The summed E-state index contributed by atoms with van der Waals surface area (Å²) >= 11 is 11.8. The first-order valence-corrected chi connectivity index (χ1v) is 11.8. The highest BCUT2D eigenvalue weighted by Crippen LogP contribution is 2.27. The van der Waals surface area contributed by atoms with Crippen molar-refractivity contribution in [2.24, 2.45) is 0 Å². The van der Waals surface area contributed by atoms with Gasteiger partial charge in [-0.2, -0.15) is 0 Å². The molecule has 0 atom stereocenters. The Morgan fingerprint density at radius 3 is 2.26 bits per heavy atom. The van der Waals surface area contributed by atoms with Crippen LogP contribution in [0.25, 0.3) is 0 Å². The Bertz CT molecular complexity index is 1020. The number of sulfone groups is 1. The summed E-state index contributed by atoms with van der Waals surface area (Å²) in [5.41, 5.74) is 0.390. The molecule has 0 spiro atoms. The van der Waals surface area contributed by atoms with Gasteiger partial charge in [0.1, 0.15) is 0 Å². The highest BCUT2D eigenvalue weighted by atomic mass is 35.5. The number of hydrogen-bond acceptors (Lipinski definition) is 6. The Balaban J connectivity index is 2.30. The molecular formula is C16H18Cl2N2O5S2. The van der Waals surface area contributed by atoms with Crippen molar-refractivity contribution < 1.29 is 21.6 Å². The molecule has 2 aromatic rings. The maximum absolute atomic E-state index is 12.4. The number of halogens is 2. The van der Waals surface area contributed by atoms with Crippen molar-refractivity contribution in [1.29, 1.82) is 0 Å². The van der Waals surface area contributed by atoms with Crippen LogP contribution in [0.2, 0.25) is 10.0 Å². The summed E-state index contributed by atoms with van der Waals surface area (Å²) in [6.45, 7) is 1.74. The van der Waals surface area contributed by atoms with Gasteiger partial charge >= 0.3 is 0 Å². The summed E-state index contributed by atoms with van der Waals surface area (Å²) in [5.74, 6) is -0.548. The molecule has 0 unspecified atom stereocenters. The van der Waals surface area contributed by atoms with Crippen molar-refractivity contribution in [3.63, 3.8) is 0 Å². The number of anilines is 1. The molecule has 0 amide bonds. The Labute approximate surface area is 168 Å². The van der Waals surface area contributed by atoms with Gasteiger partial charge in [0.2, 0.25) is 10.0 Å². The van der Waals surface area contributed by atoms with Gasteiger partial charge in [-0.15, -0.1) is 0 Å². The maximum atomic E-state index is 12.4. The molecule has 11 heteroatoms. The van der Waals surface area contributed by atoms with Crippen LogP contribution in [0.3, 0.4) is 0 Å². The first kappa shape index (κ1) is 21.7. The molecule has 7 nitrogen and oxygen atoms in total. The van der Waals surface area contributed by atoms with Gasteiger partial charge in [-0.05, 0) is 30.2 Å². The van der Waals surface area contributed by atoms with Crippen molar-refractivity contribution in [1.82, 2.24) is 4.98 Å². The first-order chi connectivity index (χ1) is 12.6. The molecule has 1 N–H and O–H groups in total. The van der Waals surface area contributed by atoms with Gasteiger partial charge in [0.15, 0.2) is 21.4 Å². The molecule has 0 fully saturated rings. The zero-order valence-electron chi connectivity index (χ0n) is 14.6. The van der Waals surface area contributed by atoms with E-state index in [2.05, 4.69) is 9.71 Å². The largest absolute Gasteiger partial charge is 0.493 e. The second-order valence-electron chi connectivity index (χ2n) is 5.68. The van der Waals surface area contributed by atoms with Crippen LogP contribution in [-0.4, -0.2) is 34.7 Å². The summed E-state index contributed by atoms with van der Waals surface area (Å²) in [5, 5.41) is 0.628. The minimum absolute atomic E-state index is 0.000112. The zero-order valence-corrected chi connectivity index (χ0v) is 17.7. The molecular weight excluding hydrogens is 435 g/mol. The van der Waals surface area contributed by atoms with Crippen LogP contribution in [0.15, 0.2) is 35.4 Å². The number of sulfonamides is 1. The fraction of sp³-hybridized carbons (Fsp3) is 0.312. The van der Waals surface area contributed by atoms with E-state index in [0.29, 0.717) is 22.0 Å². The van der Waals surface area contributed by atoms with Crippen molar-refractivity contribution >= 4 is 48.9 Å². The normalized spacial score (nSPS) is 12.0. The third-order valence-corrected chi connectivity index (χ3v) is 6.95. The third kappa shape index (κ3) is 5.97. The summed E-state index contributed by atoms with van der Waals surface area (Å²) < 4.78 is 56.5. The van der Waals surface area contributed by atoms with E-state index >= 15 is 0 Å². The van der Waals surface area contributed by atoms with Crippen LogP contribution in [0.4, 0.5) is 5.82 Å². The molecule has 27 heavy (non-hydrogen) atoms. The topological polar surface area (TPSA) is 102 Å². The average molecular weight is 453 g/mol. The molecule has 0 saturated carbocycles. The molecule has 1 aromatic heterocycles. The minimum Gasteiger partial charge on any atom is -0.493 e. The van der Waals surface area contributed by atoms with Gasteiger partial charge in [0, 0.05) is 22.3 Å². The molecule has 0 aliphatic carbocycles. The number of aromatic nitrogens is 1. The number of nitrogens with zero attached hydrogens (tertiary/aromatic N) is 1. The van der Waals surface area contributed by atoms with Gasteiger partial charge in [-0.3, -0.25) is 4.72 Å². The first-order valence-electron chi connectivity index (χ1n) is 7.78. The van der Waals surface area contributed by atoms with Crippen LogP contribution in [-0.2, 0) is 25.6 Å². The fourth-order valence-corrected chi connectivity index (χ4v) is 5.28. The van der Waals surface area contributed by atoms with Crippen LogP contribution >= 0.6 is 23.2 Å². The average Bonchev–Trinajstić information content (AvgIpc) is 2.53. The lowest BCUT2D eigenvalue weighted by Crippen LogP contribution is -2.17. The molecule has 0 saturated heterocycles. The van der Waals surface area contributed by atoms with Gasteiger partial charge in [0.05, 0.1) is 23.5 Å². The summed E-state index contributed by atoms with van der Waals surface area (Å²) in [4.78, 5) is 3.88. The van der Waals surface area contributed by atoms with Gasteiger partial charge in [-0.25, -0.2) is 21.8 Å². The standard InChI is InChI=1S/C16H18Cl2N2O5S2/c1-3-4-26(21,22)14-8-15(25-2)16(19-9-14)20-27(23,24)10-11-5-12(17)7-13(18)6-11/h5-9H,3-4,10H2,1-2H3,(H,19,20). The predicted octanol–water partition coefficient (Wildman–Crippen LogP) is 3.52. The van der Waals surface area contributed by atoms with Crippen molar-refractivity contribution in [2.45, 2.75) is 24.0 Å². The lowest BCUT2D eigenvalue weighted by Gasteiger charge is -2.12. The van der Waals surface area contributed by atoms with Crippen molar-refractivity contribution in [3.8, 4) is 5.75 Å². The number of hydrogen-bond donors (Lipinski definition) is 1. The van der Waals surface area contributed by atoms with E-state index < -0.39 is 25.6 Å². The van der Waals surface area contributed by atoms with E-state index in [4.69, 9.17) is 27.9 Å². The maximum Gasteiger partial charge on any atom is 0.238 e. The molecule has 1 aromatic carbocycles. The van der Waals surface area contributed by atoms with E-state index in [-0.39, 0.29) is 22.2 Å². The third-order valence-electron chi connectivity index (χ3n) is 3.41. The van der Waals surface area contributed by atoms with E-state index in [9.17, 15) is 16.8 Å². The monoisotopic (exact) mass is 452 g/mol. The van der Waals surface area contributed by atoms with Gasteiger partial charge in [0.25, 0.3) is 0 Å². The number of rotatable bonds is 8. The van der Waals surface area contributed by atoms with Gasteiger partial charge in [-0.1, -0.05) is 30.1 Å². The molecule has 0 aliphatic heterocycles. The van der Waals surface area contributed by atoms with Crippen LogP contribution in [0.1, 0.15) is 18.9 Å². The number of pyridine rings is 1. The van der Waals surface area contributed by atoms with Crippen LogP contribution in [0, 0.1) is 0 Å². The highest BCUT2D eigenvalue weighted by Gasteiger charge is 2.20. The highest BCUT2D eigenvalue weighted by molar-refractivity contribution is 7.92. The minimum atomic E-state index is -3.87. The van der Waals surface area contributed by atoms with Crippen LogP contribution in [0.5, 0.6) is 5.75 Å². The van der Waals surface area contributed by atoms with E-state index in [1.807, 2.05) is 0 Å². The molecule has 1 heterocycles. The summed E-state index contributed by atoms with van der Waals surface area (Å²) in [7, 11) is -6.09. The van der Waals surface area contributed by atoms with E-state index in [1.165, 1.54) is 31.4 Å². The lowest BCUT2D eigenvalue weighted by atomic mass is 10.2. The number of benzene rings is 1. The molecule has 2 rings (SSSR count). The quantitative estimate of drug-likeness (QED) is 0.656. The molecule has 0 bridgehead atoms. The zero-order chi connectivity index (χ0) is 20.2. The molecule has 0 radical (unpaired) electrons. The Morgan fingerprint density at radius 1 is 1.07 bits per heavy atom. The SMILES string of the molecule is CCCS(=O)(=O)c1cnc(NS(=O)(=O)Cc2cc(Cl)cc(Cl)c2)c(OC)c1. The second-order valence-corrected chi connectivity index (χ2v) is 10.4. The number of nitrogens with one attached hydrogen (secondary N) is 1. The Hall–Kier alpha value is -1.55. The summed E-state index contributed by atoms with van der Waals surface area (Å²) in [6.07, 6.45) is 1.54. The van der Waals surface area contributed by atoms with E-state index in [1.54, 1.807) is 6.92 Å². The molecule has 148 valence electrons. The number of methoxy groups -OCH3 is 1. The Morgan fingerprint density at radius 2 is 1.70 bits per heavy atom. The van der Waals surface area contributed by atoms with Gasteiger partial charge < -0.3 is 4.74 Å². The lowest BCUT2D eigenvalue weighted by molar-refractivity contribution is 0.413. The van der Waals surface area contributed by atoms with Crippen molar-refractivity contribution in [3.05, 3.63) is 46.1 Å². The smallest absolute Gasteiger partial charge is 0.238 e. The fourth-order valence-electron chi connectivity index (χ4n) is 2.31. The van der Waals surface area contributed by atoms with E-state index in [0.717, 1.165) is 6.20 Å². The van der Waals surface area contributed by atoms with Crippen molar-refractivity contribution in [2.75, 3.05) is 17.6 Å². The second kappa shape index (κ2) is 8.64. The molecule has 0 aliphatic rings. The predicted molar refractivity (Wildman–Crippen MR) is 106 cm³/mol. The number of ether oxygens (including phenoxy) is 1. The van der Waals surface area contributed by atoms with Crippen LogP contribution < -0.4 is 9.46 Å². The Kier molecular flexibility index (Phi) is 6.96. The summed E-state index contributed by atoms with van der Waals surface area (Å²) in [6, 6.07) is 5.70.